The summed E-state index contributed by atoms with van der Waals surface area (Å²) in [6.07, 6.45) is 3.96. The Labute approximate surface area is 143 Å². The topological polar surface area (TPSA) is 76.1 Å². The van der Waals surface area contributed by atoms with Crippen molar-refractivity contribution in [2.45, 2.75) is 18.4 Å². The number of aromatic nitrogens is 2. The molecule has 128 valence electrons. The number of amides is 1. The highest BCUT2D eigenvalue weighted by Gasteiger charge is 2.42. The molecule has 0 radical (unpaired) electrons. The monoisotopic (exact) mass is 356 g/mol. The van der Waals surface area contributed by atoms with E-state index in [0.29, 0.717) is 17.3 Å². The Kier molecular flexibility index (Phi) is 5.63. The number of benzene rings is 1. The highest BCUT2D eigenvalue weighted by Crippen LogP contribution is 2.26. The van der Waals surface area contributed by atoms with E-state index in [1.54, 1.807) is 24.3 Å². The molecule has 2 heterocycles. The van der Waals surface area contributed by atoms with Gasteiger partial charge in [0.15, 0.2) is 0 Å². The molecule has 0 bridgehead atoms. The smallest absolute Gasteiger partial charge is 0.262 e. The summed E-state index contributed by atoms with van der Waals surface area (Å²) in [5.41, 5.74) is 0.452. The fraction of sp³-hybridized carbons (Fsp3) is 0.267. The fourth-order valence-corrected chi connectivity index (χ4v) is 2.23. The van der Waals surface area contributed by atoms with Crippen LogP contribution in [-0.4, -0.2) is 34.4 Å². The van der Waals surface area contributed by atoms with Crippen molar-refractivity contribution in [1.29, 1.82) is 0 Å². The van der Waals surface area contributed by atoms with Crippen molar-refractivity contribution < 1.29 is 18.3 Å². The van der Waals surface area contributed by atoms with E-state index in [1.807, 2.05) is 0 Å². The minimum atomic E-state index is -2.85. The quantitative estimate of drug-likeness (QED) is 0.880. The molecule has 6 nitrogen and oxygen atoms in total. The molecule has 1 amide bonds. The summed E-state index contributed by atoms with van der Waals surface area (Å²) in [6.45, 7) is -0.485. The maximum absolute atomic E-state index is 13.1. The predicted octanol–water partition coefficient (Wildman–Crippen LogP) is 2.63. The second-order valence-corrected chi connectivity index (χ2v) is 5.16. The number of carbonyl (C=O) groups is 1. The standard InChI is InChI=1S/C15H14F2N4O2.ClH/c16-15(17)7-12(20-9-15)14(22)21-10-2-1-3-11(6-10)23-13-8-18-4-5-19-13;/h1-6,8,12,20H,7,9H2,(H,21,22);1H. The third kappa shape index (κ3) is 4.59. The Morgan fingerprint density at radius 3 is 2.88 bits per heavy atom. The van der Waals surface area contributed by atoms with E-state index in [4.69, 9.17) is 4.74 Å². The largest absolute Gasteiger partial charge is 0.437 e. The summed E-state index contributed by atoms with van der Waals surface area (Å²) in [5, 5.41) is 5.11. The molecule has 1 saturated heterocycles. The van der Waals surface area contributed by atoms with Crippen LogP contribution < -0.4 is 15.4 Å². The third-order valence-electron chi connectivity index (χ3n) is 3.29. The molecule has 0 saturated carbocycles. The molecule has 1 aliphatic heterocycles. The molecular weight excluding hydrogens is 342 g/mol. The minimum absolute atomic E-state index is 0. The second kappa shape index (κ2) is 7.50. The van der Waals surface area contributed by atoms with Crippen LogP contribution >= 0.6 is 12.4 Å². The van der Waals surface area contributed by atoms with Gasteiger partial charge in [0.25, 0.3) is 5.92 Å². The van der Waals surface area contributed by atoms with E-state index in [9.17, 15) is 13.6 Å². The third-order valence-corrected chi connectivity index (χ3v) is 3.29. The Balaban J connectivity index is 0.00000208. The van der Waals surface area contributed by atoms with E-state index in [2.05, 4.69) is 20.6 Å². The number of ether oxygens (including phenoxy) is 1. The van der Waals surface area contributed by atoms with Gasteiger partial charge in [-0.15, -0.1) is 12.4 Å². The molecule has 1 fully saturated rings. The lowest BCUT2D eigenvalue weighted by Gasteiger charge is -2.12. The highest BCUT2D eigenvalue weighted by atomic mass is 35.5. The van der Waals surface area contributed by atoms with Crippen LogP contribution in [0.5, 0.6) is 11.6 Å². The van der Waals surface area contributed by atoms with Crippen molar-refractivity contribution in [1.82, 2.24) is 15.3 Å². The Morgan fingerprint density at radius 2 is 2.21 bits per heavy atom. The van der Waals surface area contributed by atoms with Crippen molar-refractivity contribution in [2.75, 3.05) is 11.9 Å². The number of rotatable bonds is 4. The number of halogens is 3. The van der Waals surface area contributed by atoms with E-state index >= 15 is 0 Å². The maximum Gasteiger partial charge on any atom is 0.262 e. The zero-order valence-corrected chi connectivity index (χ0v) is 13.2. The van der Waals surface area contributed by atoms with Crippen molar-refractivity contribution in [2.24, 2.45) is 0 Å². The van der Waals surface area contributed by atoms with Gasteiger partial charge in [-0.1, -0.05) is 6.07 Å². The molecule has 0 aliphatic carbocycles. The Bertz CT molecular complexity index is 703. The zero-order valence-electron chi connectivity index (χ0n) is 12.4. The molecule has 0 spiro atoms. The van der Waals surface area contributed by atoms with Gasteiger partial charge in [-0.05, 0) is 12.1 Å². The molecule has 1 aliphatic rings. The van der Waals surface area contributed by atoms with Crippen LogP contribution in [0.15, 0.2) is 42.9 Å². The number of carbonyl (C=O) groups excluding carboxylic acids is 1. The fourth-order valence-electron chi connectivity index (χ4n) is 2.23. The average molecular weight is 357 g/mol. The van der Waals surface area contributed by atoms with Crippen LogP contribution in [0.3, 0.4) is 0 Å². The lowest BCUT2D eigenvalue weighted by molar-refractivity contribution is -0.118. The lowest BCUT2D eigenvalue weighted by atomic mass is 10.2. The van der Waals surface area contributed by atoms with E-state index in [0.717, 1.165) is 0 Å². The van der Waals surface area contributed by atoms with Gasteiger partial charge in [-0.2, -0.15) is 0 Å². The molecule has 1 atom stereocenters. The minimum Gasteiger partial charge on any atom is -0.437 e. The van der Waals surface area contributed by atoms with Gasteiger partial charge in [0.1, 0.15) is 5.75 Å². The van der Waals surface area contributed by atoms with Gasteiger partial charge in [-0.3, -0.25) is 15.1 Å². The molecule has 1 unspecified atom stereocenters. The van der Waals surface area contributed by atoms with Gasteiger partial charge >= 0.3 is 0 Å². The maximum atomic E-state index is 13.1. The Morgan fingerprint density at radius 1 is 1.38 bits per heavy atom. The molecule has 3 rings (SSSR count). The summed E-state index contributed by atoms with van der Waals surface area (Å²) in [6, 6.07) is 5.69. The number of nitrogens with one attached hydrogen (secondary N) is 2. The predicted molar refractivity (Wildman–Crippen MR) is 85.8 cm³/mol. The van der Waals surface area contributed by atoms with Crippen LogP contribution in [-0.2, 0) is 4.79 Å². The van der Waals surface area contributed by atoms with Crippen LogP contribution in [0.2, 0.25) is 0 Å². The first-order valence-corrected chi connectivity index (χ1v) is 6.98. The normalized spacial score (nSPS) is 18.5. The van der Waals surface area contributed by atoms with Gasteiger partial charge in [-0.25, -0.2) is 13.8 Å². The SMILES string of the molecule is Cl.O=C(Nc1cccc(Oc2cnccn2)c1)C1CC(F)(F)CN1. The summed E-state index contributed by atoms with van der Waals surface area (Å²) in [5.74, 6) is -2.58. The molecule has 1 aromatic carbocycles. The zero-order chi connectivity index (χ0) is 16.3. The second-order valence-electron chi connectivity index (χ2n) is 5.16. The number of hydrogen-bond donors (Lipinski definition) is 2. The van der Waals surface area contributed by atoms with Gasteiger partial charge in [0.05, 0.1) is 18.8 Å². The summed E-state index contributed by atoms with van der Waals surface area (Å²) >= 11 is 0. The van der Waals surface area contributed by atoms with Crippen molar-refractivity contribution >= 4 is 24.0 Å². The van der Waals surface area contributed by atoms with Crippen LogP contribution in [0, 0.1) is 0 Å². The molecule has 2 N–H and O–H groups in total. The number of alkyl halides is 2. The first-order valence-electron chi connectivity index (χ1n) is 6.98. The van der Waals surface area contributed by atoms with Crippen molar-refractivity contribution in [3.05, 3.63) is 42.9 Å². The van der Waals surface area contributed by atoms with E-state index in [-0.39, 0.29) is 12.4 Å². The van der Waals surface area contributed by atoms with E-state index in [1.165, 1.54) is 18.6 Å². The molecule has 9 heteroatoms. The summed E-state index contributed by atoms with van der Waals surface area (Å²) < 4.78 is 31.7. The first kappa shape index (κ1) is 18.0. The van der Waals surface area contributed by atoms with Gasteiger partial charge in [0.2, 0.25) is 11.8 Å². The highest BCUT2D eigenvalue weighted by molar-refractivity contribution is 5.95. The van der Waals surface area contributed by atoms with Crippen LogP contribution in [0.25, 0.3) is 0 Å². The van der Waals surface area contributed by atoms with Gasteiger partial charge in [0, 0.05) is 30.6 Å². The average Bonchev–Trinajstić information content (AvgIpc) is 2.89. The summed E-state index contributed by atoms with van der Waals surface area (Å²) in [7, 11) is 0. The van der Waals surface area contributed by atoms with Crippen molar-refractivity contribution in [3.8, 4) is 11.6 Å². The molecular formula is C15H15ClF2N4O2. The molecule has 24 heavy (non-hydrogen) atoms. The molecule has 1 aromatic heterocycles. The molecule has 2 aromatic rings. The van der Waals surface area contributed by atoms with Crippen LogP contribution in [0.4, 0.5) is 14.5 Å². The summed E-state index contributed by atoms with van der Waals surface area (Å²) in [4.78, 5) is 19.9. The lowest BCUT2D eigenvalue weighted by Crippen LogP contribution is -2.35. The number of nitrogens with zero attached hydrogens (tertiary/aromatic N) is 2. The van der Waals surface area contributed by atoms with E-state index < -0.39 is 30.8 Å². The van der Waals surface area contributed by atoms with Crippen molar-refractivity contribution in [3.63, 3.8) is 0 Å². The number of anilines is 1. The van der Waals surface area contributed by atoms with Crippen LogP contribution in [0.1, 0.15) is 6.42 Å². The van der Waals surface area contributed by atoms with Gasteiger partial charge < -0.3 is 10.1 Å². The number of hydrogen-bond acceptors (Lipinski definition) is 5. The Hall–Kier alpha value is -2.32. The first-order chi connectivity index (χ1) is 11.0.